The van der Waals surface area contributed by atoms with E-state index in [1.54, 1.807) is 0 Å². The van der Waals surface area contributed by atoms with Crippen molar-refractivity contribution in [2.75, 3.05) is 6.54 Å². The third-order valence-corrected chi connectivity index (χ3v) is 0.175. The predicted octanol–water partition coefficient (Wildman–Crippen LogP) is -0.970. The van der Waals surface area contributed by atoms with E-state index in [0.717, 1.165) is 0 Å². The standard InChI is InChI=1S/C2H5NO2.Gd/c3-1-2(4)5;/h1,3H2,(H,4,5);. The van der Waals surface area contributed by atoms with Gasteiger partial charge in [-0.1, -0.05) is 0 Å². The van der Waals surface area contributed by atoms with Crippen LogP contribution in [0.3, 0.4) is 0 Å². The summed E-state index contributed by atoms with van der Waals surface area (Å²) in [4.78, 5) is 9.24. The minimum Gasteiger partial charge on any atom is -0.480 e. The summed E-state index contributed by atoms with van der Waals surface area (Å²) >= 11 is 0. The fraction of sp³-hybridized carbons (Fsp3) is 0.500. The molecule has 0 atom stereocenters. The molecule has 0 saturated heterocycles. The summed E-state index contributed by atoms with van der Waals surface area (Å²) in [6.45, 7) is -0.278. The molecule has 0 aromatic carbocycles. The third-order valence-electron chi connectivity index (χ3n) is 0.175. The van der Waals surface area contributed by atoms with Gasteiger partial charge < -0.3 is 10.8 Å². The van der Waals surface area contributed by atoms with Crippen molar-refractivity contribution in [3.8, 4) is 0 Å². The Morgan fingerprint density at radius 3 is 2.00 bits per heavy atom. The smallest absolute Gasteiger partial charge is 0.317 e. The summed E-state index contributed by atoms with van der Waals surface area (Å²) in [5.74, 6) is -0.968. The van der Waals surface area contributed by atoms with Gasteiger partial charge >= 0.3 is 5.97 Å². The Morgan fingerprint density at radius 2 is 2.00 bits per heavy atom. The van der Waals surface area contributed by atoms with E-state index >= 15 is 0 Å². The van der Waals surface area contributed by atoms with Crippen LogP contribution in [0.2, 0.25) is 0 Å². The fourth-order valence-corrected chi connectivity index (χ4v) is 0. The quantitative estimate of drug-likeness (QED) is 0.611. The number of carboxylic acids is 1. The Hall–Kier alpha value is 0.755. The van der Waals surface area contributed by atoms with Crippen molar-refractivity contribution in [3.63, 3.8) is 0 Å². The predicted molar refractivity (Wildman–Crippen MR) is 16.7 cm³/mol. The molecule has 38 valence electrons. The molecule has 0 aliphatic rings. The van der Waals surface area contributed by atoms with Gasteiger partial charge in [0, 0.05) is 39.9 Å². The molecule has 0 spiro atoms. The van der Waals surface area contributed by atoms with Crippen LogP contribution in [-0.2, 0) is 4.79 Å². The van der Waals surface area contributed by atoms with Crippen molar-refractivity contribution in [2.24, 2.45) is 5.73 Å². The molecule has 0 saturated carbocycles. The van der Waals surface area contributed by atoms with Crippen LogP contribution in [0.25, 0.3) is 0 Å². The van der Waals surface area contributed by atoms with Crippen molar-refractivity contribution in [1.82, 2.24) is 0 Å². The van der Waals surface area contributed by atoms with Gasteiger partial charge in [-0.25, -0.2) is 0 Å². The van der Waals surface area contributed by atoms with E-state index in [1.807, 2.05) is 0 Å². The van der Waals surface area contributed by atoms with E-state index < -0.39 is 5.97 Å². The van der Waals surface area contributed by atoms with Gasteiger partial charge in [0.25, 0.3) is 0 Å². The number of carbonyl (C=O) groups is 1. The second-order valence-corrected chi connectivity index (χ2v) is 0.598. The monoisotopic (exact) mass is 233 g/mol. The number of hydrogen-bond donors (Lipinski definition) is 2. The van der Waals surface area contributed by atoms with Crippen molar-refractivity contribution in [2.45, 2.75) is 0 Å². The van der Waals surface area contributed by atoms with E-state index in [4.69, 9.17) is 5.11 Å². The molecule has 0 amide bonds. The third kappa shape index (κ3) is 8.83. The Balaban J connectivity index is 0. The molecule has 3 N–H and O–H groups in total. The molecule has 0 unspecified atom stereocenters. The van der Waals surface area contributed by atoms with Crippen LogP contribution >= 0.6 is 0 Å². The molecule has 0 heterocycles. The Kier molecular flexibility index (Phi) is 9.49. The Morgan fingerprint density at radius 1 is 1.83 bits per heavy atom. The first-order valence-corrected chi connectivity index (χ1v) is 1.19. The van der Waals surface area contributed by atoms with E-state index in [-0.39, 0.29) is 46.5 Å². The van der Waals surface area contributed by atoms with Gasteiger partial charge in [0.2, 0.25) is 0 Å². The molecule has 0 aromatic rings. The average molecular weight is 232 g/mol. The molecule has 4 heteroatoms. The Bertz CT molecular complexity index is 46.8. The van der Waals surface area contributed by atoms with Gasteiger partial charge in [-0.2, -0.15) is 0 Å². The molecular weight excluding hydrogens is 227 g/mol. The van der Waals surface area contributed by atoms with Crippen LogP contribution in [0.1, 0.15) is 0 Å². The Labute approximate surface area is 67.6 Å². The zero-order valence-corrected chi connectivity index (χ0v) is 5.26. The molecule has 0 rings (SSSR count). The summed E-state index contributed by atoms with van der Waals surface area (Å²) in [7, 11) is 0. The first-order valence-electron chi connectivity index (χ1n) is 1.19. The number of nitrogens with two attached hydrogens (primary N) is 1. The number of carboxylic acid groups (broad SMARTS) is 1. The summed E-state index contributed by atoms with van der Waals surface area (Å²) in [5.41, 5.74) is 4.57. The van der Waals surface area contributed by atoms with E-state index in [0.29, 0.717) is 0 Å². The van der Waals surface area contributed by atoms with Crippen molar-refractivity contribution >= 4 is 5.97 Å². The second-order valence-electron chi connectivity index (χ2n) is 0.598. The van der Waals surface area contributed by atoms with Gasteiger partial charge in [0.1, 0.15) is 0 Å². The fourth-order valence-electron chi connectivity index (χ4n) is 0. The summed E-state index contributed by atoms with van der Waals surface area (Å²) in [6, 6.07) is 0. The molecule has 0 fully saturated rings. The summed E-state index contributed by atoms with van der Waals surface area (Å²) < 4.78 is 0. The minimum atomic E-state index is -0.968. The maximum absolute atomic E-state index is 9.24. The van der Waals surface area contributed by atoms with Crippen LogP contribution in [0.5, 0.6) is 0 Å². The normalized spacial score (nSPS) is 6.17. The van der Waals surface area contributed by atoms with Crippen LogP contribution < -0.4 is 5.73 Å². The largest absolute Gasteiger partial charge is 0.480 e. The second kappa shape index (κ2) is 5.75. The zero-order valence-electron chi connectivity index (χ0n) is 2.99. The number of rotatable bonds is 1. The van der Waals surface area contributed by atoms with Crippen molar-refractivity contribution in [1.29, 1.82) is 0 Å². The van der Waals surface area contributed by atoms with Gasteiger partial charge in [0.15, 0.2) is 0 Å². The van der Waals surface area contributed by atoms with Gasteiger partial charge in [-0.05, 0) is 0 Å². The van der Waals surface area contributed by atoms with Crippen LogP contribution in [-0.4, -0.2) is 17.6 Å². The molecule has 0 aliphatic carbocycles. The minimum absolute atomic E-state index is 0. The summed E-state index contributed by atoms with van der Waals surface area (Å²) in [6.07, 6.45) is 0. The SMILES string of the molecule is NCC(=O)O.[Gd]. The molecule has 0 aliphatic heterocycles. The van der Waals surface area contributed by atoms with Crippen LogP contribution in [0.4, 0.5) is 0 Å². The molecule has 0 bridgehead atoms. The van der Waals surface area contributed by atoms with Gasteiger partial charge in [-0.3, -0.25) is 4.79 Å². The maximum atomic E-state index is 9.24. The average Bonchev–Trinajstić information content (AvgIpc) is 1.38. The van der Waals surface area contributed by atoms with Crippen LogP contribution in [0, 0.1) is 39.9 Å². The zero-order chi connectivity index (χ0) is 4.28. The molecule has 0 radical (unpaired) electrons. The first-order chi connectivity index (χ1) is 2.27. The van der Waals surface area contributed by atoms with Crippen LogP contribution in [0.15, 0.2) is 0 Å². The molecule has 0 aromatic heterocycles. The molecule has 3 nitrogen and oxygen atoms in total. The summed E-state index contributed by atoms with van der Waals surface area (Å²) in [5, 5.41) is 7.60. The topological polar surface area (TPSA) is 63.3 Å². The number of aliphatic carboxylic acids is 1. The van der Waals surface area contributed by atoms with Crippen molar-refractivity contribution < 1.29 is 49.8 Å². The van der Waals surface area contributed by atoms with Gasteiger partial charge in [-0.15, -0.1) is 0 Å². The van der Waals surface area contributed by atoms with E-state index in [9.17, 15) is 4.79 Å². The number of hydrogen-bond acceptors (Lipinski definition) is 2. The van der Waals surface area contributed by atoms with E-state index in [2.05, 4.69) is 5.73 Å². The molecular formula is C2H5GdNO2. The van der Waals surface area contributed by atoms with Crippen molar-refractivity contribution in [3.05, 3.63) is 0 Å². The first kappa shape index (κ1) is 9.89. The maximum Gasteiger partial charge on any atom is 0.317 e. The van der Waals surface area contributed by atoms with Gasteiger partial charge in [0.05, 0.1) is 6.54 Å². The van der Waals surface area contributed by atoms with E-state index in [1.165, 1.54) is 0 Å². The molecule has 6 heavy (non-hydrogen) atoms.